The lowest BCUT2D eigenvalue weighted by Crippen LogP contribution is -2.50. The molecule has 2 aliphatic rings. The van der Waals surface area contributed by atoms with Crippen LogP contribution in [0, 0.1) is 5.41 Å². The van der Waals surface area contributed by atoms with E-state index in [2.05, 4.69) is 19.2 Å². The summed E-state index contributed by atoms with van der Waals surface area (Å²) in [4.78, 5) is 13.9. The third kappa shape index (κ3) is 3.60. The molecule has 2 fully saturated rings. The van der Waals surface area contributed by atoms with Gasteiger partial charge in [0.25, 0.3) is 0 Å². The van der Waals surface area contributed by atoms with Crippen molar-refractivity contribution in [2.75, 3.05) is 26.3 Å². The molecular formula is C13H24N2O2. The highest BCUT2D eigenvalue weighted by atomic mass is 16.5. The summed E-state index contributed by atoms with van der Waals surface area (Å²) < 4.78 is 5.25. The Morgan fingerprint density at radius 3 is 2.71 bits per heavy atom. The summed E-state index contributed by atoms with van der Waals surface area (Å²) in [7, 11) is 0. The van der Waals surface area contributed by atoms with E-state index in [4.69, 9.17) is 4.74 Å². The maximum Gasteiger partial charge on any atom is 0.317 e. The molecule has 2 amide bonds. The first-order chi connectivity index (χ1) is 8.07. The van der Waals surface area contributed by atoms with Gasteiger partial charge >= 0.3 is 6.03 Å². The number of hydrogen-bond acceptors (Lipinski definition) is 2. The molecule has 1 N–H and O–H groups in total. The Morgan fingerprint density at radius 1 is 1.35 bits per heavy atom. The third-order valence-electron chi connectivity index (χ3n) is 3.83. The molecule has 1 saturated carbocycles. The number of carbonyl (C=O) groups excluding carboxylic acids is 1. The van der Waals surface area contributed by atoms with E-state index in [0.29, 0.717) is 24.7 Å². The topological polar surface area (TPSA) is 41.6 Å². The van der Waals surface area contributed by atoms with Crippen molar-refractivity contribution < 1.29 is 9.53 Å². The second kappa shape index (κ2) is 5.25. The number of hydrogen-bond donors (Lipinski definition) is 1. The highest BCUT2D eigenvalue weighted by Gasteiger charge is 2.29. The normalized spacial score (nSPS) is 28.8. The standard InChI is InChI=1S/C13H24N2O2/c1-13(2)5-3-4-11(10-13)14-12(16)15-6-8-17-9-7-15/h11H,3-10H2,1-2H3,(H,14,16). The summed E-state index contributed by atoms with van der Waals surface area (Å²) in [5.74, 6) is 0. The molecule has 0 bridgehead atoms. The SMILES string of the molecule is CC1(C)CCCC(NC(=O)N2CCOCC2)C1. The first-order valence-corrected chi connectivity index (χ1v) is 6.70. The van der Waals surface area contributed by atoms with E-state index < -0.39 is 0 Å². The highest BCUT2D eigenvalue weighted by molar-refractivity contribution is 5.74. The number of nitrogens with one attached hydrogen (secondary N) is 1. The van der Waals surface area contributed by atoms with Gasteiger partial charge in [-0.3, -0.25) is 0 Å². The van der Waals surface area contributed by atoms with Crippen molar-refractivity contribution in [1.82, 2.24) is 10.2 Å². The van der Waals surface area contributed by atoms with Gasteiger partial charge in [0.1, 0.15) is 0 Å². The van der Waals surface area contributed by atoms with Crippen molar-refractivity contribution in [1.29, 1.82) is 0 Å². The van der Waals surface area contributed by atoms with Crippen molar-refractivity contribution in [2.45, 2.75) is 45.6 Å². The third-order valence-corrected chi connectivity index (χ3v) is 3.83. The van der Waals surface area contributed by atoms with Crippen LogP contribution in [0.2, 0.25) is 0 Å². The van der Waals surface area contributed by atoms with Gasteiger partial charge in [0.2, 0.25) is 0 Å². The molecule has 17 heavy (non-hydrogen) atoms. The van der Waals surface area contributed by atoms with E-state index in [1.54, 1.807) is 0 Å². The van der Waals surface area contributed by atoms with Gasteiger partial charge in [-0.1, -0.05) is 20.3 Å². The average molecular weight is 240 g/mol. The maximum atomic E-state index is 12.0. The number of morpholine rings is 1. The Kier molecular flexibility index (Phi) is 3.92. The lowest BCUT2D eigenvalue weighted by Gasteiger charge is -2.37. The van der Waals surface area contributed by atoms with E-state index in [1.165, 1.54) is 12.8 Å². The summed E-state index contributed by atoms with van der Waals surface area (Å²) in [5, 5.41) is 3.18. The van der Waals surface area contributed by atoms with E-state index >= 15 is 0 Å². The second-order valence-corrected chi connectivity index (χ2v) is 6.01. The fourth-order valence-corrected chi connectivity index (χ4v) is 2.85. The average Bonchev–Trinajstić information content (AvgIpc) is 2.29. The number of rotatable bonds is 1. The molecule has 0 spiro atoms. The molecule has 4 nitrogen and oxygen atoms in total. The summed E-state index contributed by atoms with van der Waals surface area (Å²) in [6, 6.07) is 0.449. The number of nitrogens with zero attached hydrogens (tertiary/aromatic N) is 1. The summed E-state index contributed by atoms with van der Waals surface area (Å²) >= 11 is 0. The molecule has 0 aromatic heterocycles. The minimum Gasteiger partial charge on any atom is -0.378 e. The van der Waals surface area contributed by atoms with Crippen LogP contribution in [0.15, 0.2) is 0 Å². The van der Waals surface area contributed by atoms with Crippen LogP contribution in [0.5, 0.6) is 0 Å². The second-order valence-electron chi connectivity index (χ2n) is 6.01. The minimum absolute atomic E-state index is 0.0935. The first kappa shape index (κ1) is 12.7. The number of amides is 2. The summed E-state index contributed by atoms with van der Waals surface area (Å²) in [6.45, 7) is 7.37. The zero-order valence-corrected chi connectivity index (χ0v) is 11.0. The van der Waals surface area contributed by atoms with Gasteiger partial charge in [-0.15, -0.1) is 0 Å². The summed E-state index contributed by atoms with van der Waals surface area (Å²) in [5.41, 5.74) is 0.376. The Labute approximate surface area is 104 Å². The van der Waals surface area contributed by atoms with Crippen LogP contribution in [0.25, 0.3) is 0 Å². The predicted molar refractivity (Wildman–Crippen MR) is 67.0 cm³/mol. The van der Waals surface area contributed by atoms with Gasteiger partial charge in [0, 0.05) is 19.1 Å². The summed E-state index contributed by atoms with van der Waals surface area (Å²) in [6.07, 6.45) is 4.72. The Balaban J connectivity index is 1.81. The molecule has 1 aliphatic carbocycles. The quantitative estimate of drug-likeness (QED) is 0.761. The van der Waals surface area contributed by atoms with Crippen LogP contribution >= 0.6 is 0 Å². The van der Waals surface area contributed by atoms with Crippen molar-refractivity contribution in [3.8, 4) is 0 Å². The molecule has 1 saturated heterocycles. The molecule has 2 rings (SSSR count). The zero-order valence-electron chi connectivity index (χ0n) is 11.0. The van der Waals surface area contributed by atoms with Crippen LogP contribution in [-0.2, 0) is 4.74 Å². The van der Waals surface area contributed by atoms with Crippen molar-refractivity contribution in [2.24, 2.45) is 5.41 Å². The molecule has 0 radical (unpaired) electrons. The number of urea groups is 1. The molecule has 4 heteroatoms. The van der Waals surface area contributed by atoms with Crippen molar-refractivity contribution in [3.63, 3.8) is 0 Å². The molecule has 0 aromatic rings. The maximum absolute atomic E-state index is 12.0. The zero-order chi connectivity index (χ0) is 12.3. The van der Waals surface area contributed by atoms with Crippen LogP contribution in [0.3, 0.4) is 0 Å². The van der Waals surface area contributed by atoms with E-state index in [9.17, 15) is 4.79 Å². The molecular weight excluding hydrogens is 216 g/mol. The van der Waals surface area contributed by atoms with Crippen LogP contribution in [-0.4, -0.2) is 43.3 Å². The fourth-order valence-electron chi connectivity index (χ4n) is 2.85. The van der Waals surface area contributed by atoms with Crippen LogP contribution in [0.1, 0.15) is 39.5 Å². The van der Waals surface area contributed by atoms with Gasteiger partial charge in [-0.2, -0.15) is 0 Å². The van der Waals surface area contributed by atoms with Gasteiger partial charge < -0.3 is 15.0 Å². The van der Waals surface area contributed by atoms with Gasteiger partial charge in [0.15, 0.2) is 0 Å². The van der Waals surface area contributed by atoms with E-state index in [-0.39, 0.29) is 6.03 Å². The molecule has 0 aromatic carbocycles. The number of ether oxygens (including phenoxy) is 1. The lowest BCUT2D eigenvalue weighted by molar-refractivity contribution is 0.0513. The van der Waals surface area contributed by atoms with Gasteiger partial charge in [-0.25, -0.2) is 4.79 Å². The van der Waals surface area contributed by atoms with E-state index in [1.807, 2.05) is 4.90 Å². The van der Waals surface area contributed by atoms with Gasteiger partial charge in [-0.05, 0) is 24.7 Å². The molecule has 98 valence electrons. The van der Waals surface area contributed by atoms with Gasteiger partial charge in [0.05, 0.1) is 13.2 Å². The fraction of sp³-hybridized carbons (Fsp3) is 0.923. The molecule has 1 unspecified atom stereocenters. The minimum atomic E-state index is 0.0935. The predicted octanol–water partition coefficient (Wildman–Crippen LogP) is 2.00. The molecule has 1 aliphatic heterocycles. The van der Waals surface area contributed by atoms with E-state index in [0.717, 1.165) is 25.9 Å². The highest BCUT2D eigenvalue weighted by Crippen LogP contribution is 2.35. The first-order valence-electron chi connectivity index (χ1n) is 6.70. The van der Waals surface area contributed by atoms with Crippen molar-refractivity contribution >= 4 is 6.03 Å². The lowest BCUT2D eigenvalue weighted by atomic mass is 9.75. The Hall–Kier alpha value is -0.770. The van der Waals surface area contributed by atoms with Crippen molar-refractivity contribution in [3.05, 3.63) is 0 Å². The Morgan fingerprint density at radius 2 is 2.06 bits per heavy atom. The van der Waals surface area contributed by atoms with Crippen LogP contribution < -0.4 is 5.32 Å². The molecule has 1 atom stereocenters. The number of carbonyl (C=O) groups is 1. The molecule has 1 heterocycles. The Bertz CT molecular complexity index is 273. The smallest absolute Gasteiger partial charge is 0.317 e. The monoisotopic (exact) mass is 240 g/mol. The largest absolute Gasteiger partial charge is 0.378 e. The van der Waals surface area contributed by atoms with Crippen LogP contribution in [0.4, 0.5) is 4.79 Å².